The Bertz CT molecular complexity index is 859. The van der Waals surface area contributed by atoms with E-state index in [1.807, 2.05) is 31.2 Å². The molecule has 2 heterocycles. The van der Waals surface area contributed by atoms with Gasteiger partial charge in [0.25, 0.3) is 0 Å². The molecule has 6 nitrogen and oxygen atoms in total. The van der Waals surface area contributed by atoms with Crippen LogP contribution in [0.1, 0.15) is 13.8 Å². The van der Waals surface area contributed by atoms with E-state index in [9.17, 15) is 9.90 Å². The molecule has 1 saturated heterocycles. The van der Waals surface area contributed by atoms with Gasteiger partial charge in [-0.25, -0.2) is 4.98 Å². The number of aromatic nitrogens is 2. The summed E-state index contributed by atoms with van der Waals surface area (Å²) < 4.78 is 7.45. The number of carbonyl (C=O) groups is 1. The Morgan fingerprint density at radius 2 is 2.11 bits per heavy atom. The predicted octanol–water partition coefficient (Wildman–Crippen LogP) is 2.47. The minimum absolute atomic E-state index is 0.0659. The quantitative estimate of drug-likeness (QED) is 0.648. The monoisotopic (exact) mass is 369 g/mol. The van der Waals surface area contributed by atoms with Gasteiger partial charge in [0, 0.05) is 19.6 Å². The van der Waals surface area contributed by atoms with E-state index in [2.05, 4.69) is 28.5 Å². The number of para-hydroxylation sites is 2. The highest BCUT2D eigenvalue weighted by molar-refractivity contribution is 5.79. The van der Waals surface area contributed by atoms with E-state index < -0.39 is 0 Å². The molecular formula is C21H27N3O3. The van der Waals surface area contributed by atoms with E-state index in [1.165, 1.54) is 0 Å². The van der Waals surface area contributed by atoms with Crippen LogP contribution in [-0.2, 0) is 16.1 Å². The van der Waals surface area contributed by atoms with Gasteiger partial charge < -0.3 is 19.3 Å². The topological polar surface area (TPSA) is 67.6 Å². The first-order valence-corrected chi connectivity index (χ1v) is 9.80. The molecule has 4 atom stereocenters. The first-order valence-electron chi connectivity index (χ1n) is 9.80. The van der Waals surface area contributed by atoms with Crippen LogP contribution >= 0.6 is 0 Å². The van der Waals surface area contributed by atoms with Crippen LogP contribution in [0.3, 0.4) is 0 Å². The summed E-state index contributed by atoms with van der Waals surface area (Å²) in [5, 5.41) is 9.54. The second kappa shape index (κ2) is 7.35. The van der Waals surface area contributed by atoms with Gasteiger partial charge in [0.05, 0.1) is 30.2 Å². The summed E-state index contributed by atoms with van der Waals surface area (Å²) in [6.45, 7) is 6.55. The van der Waals surface area contributed by atoms with Gasteiger partial charge in [-0.3, -0.25) is 4.79 Å². The van der Waals surface area contributed by atoms with Crippen LogP contribution in [-0.4, -0.2) is 46.9 Å². The average molecular weight is 369 g/mol. The van der Waals surface area contributed by atoms with Crippen LogP contribution < -0.4 is 4.90 Å². The molecule has 27 heavy (non-hydrogen) atoms. The Morgan fingerprint density at radius 3 is 2.89 bits per heavy atom. The highest BCUT2D eigenvalue weighted by atomic mass is 16.5. The minimum atomic E-state index is -0.111. The van der Waals surface area contributed by atoms with Crippen molar-refractivity contribution in [1.29, 1.82) is 0 Å². The molecular weight excluding hydrogens is 342 g/mol. The van der Waals surface area contributed by atoms with Crippen LogP contribution in [0.2, 0.25) is 0 Å². The van der Waals surface area contributed by atoms with E-state index in [0.29, 0.717) is 19.1 Å². The summed E-state index contributed by atoms with van der Waals surface area (Å²) in [6.07, 6.45) is 4.41. The fourth-order valence-electron chi connectivity index (χ4n) is 4.68. The van der Waals surface area contributed by atoms with E-state index in [0.717, 1.165) is 30.1 Å². The lowest BCUT2D eigenvalue weighted by Gasteiger charge is -2.31. The fraction of sp³-hybridized carbons (Fsp3) is 0.524. The predicted molar refractivity (Wildman–Crippen MR) is 104 cm³/mol. The van der Waals surface area contributed by atoms with Crippen LogP contribution in [0.5, 0.6) is 0 Å². The lowest BCUT2D eigenvalue weighted by molar-refractivity contribution is -0.151. The van der Waals surface area contributed by atoms with Crippen molar-refractivity contribution in [2.45, 2.75) is 20.4 Å². The number of aliphatic hydroxyl groups excluding tert-OH is 1. The molecule has 0 spiro atoms. The van der Waals surface area contributed by atoms with Gasteiger partial charge >= 0.3 is 5.97 Å². The number of ether oxygens (including phenoxy) is 1. The summed E-state index contributed by atoms with van der Waals surface area (Å²) in [5.74, 6) is 1.41. The van der Waals surface area contributed by atoms with Gasteiger partial charge in [0.1, 0.15) is 0 Å². The fourth-order valence-corrected chi connectivity index (χ4v) is 4.68. The molecule has 0 saturated carbocycles. The second-order valence-corrected chi connectivity index (χ2v) is 7.53. The van der Waals surface area contributed by atoms with Crippen molar-refractivity contribution in [3.63, 3.8) is 0 Å². The number of esters is 1. The number of allylic oxidation sites excluding steroid dienone is 1. The molecule has 0 bridgehead atoms. The molecule has 6 heteroatoms. The number of imidazole rings is 1. The number of fused-ring (bicyclic) bond motifs is 2. The summed E-state index contributed by atoms with van der Waals surface area (Å²) in [4.78, 5) is 19.7. The Morgan fingerprint density at radius 1 is 1.30 bits per heavy atom. The largest absolute Gasteiger partial charge is 0.466 e. The van der Waals surface area contributed by atoms with Crippen molar-refractivity contribution < 1.29 is 14.6 Å². The number of carbonyl (C=O) groups excluding carboxylic acids is 1. The number of benzene rings is 1. The number of rotatable bonds is 5. The maximum absolute atomic E-state index is 12.6. The first-order chi connectivity index (χ1) is 13.1. The lowest BCUT2D eigenvalue weighted by atomic mass is 9.72. The Balaban J connectivity index is 1.66. The number of aliphatic hydroxyl groups is 1. The maximum Gasteiger partial charge on any atom is 0.309 e. The molecule has 0 radical (unpaired) electrons. The normalized spacial score (nSPS) is 27.1. The number of anilines is 1. The van der Waals surface area contributed by atoms with Crippen LogP contribution in [0.4, 0.5) is 5.95 Å². The van der Waals surface area contributed by atoms with Gasteiger partial charge in [-0.05, 0) is 36.8 Å². The molecule has 2 aromatic rings. The Kier molecular flexibility index (Phi) is 4.91. The SMILES string of the molecule is CCOC(=O)[C@H]1[C@@H]2CN(c3nc4ccccc4n3CCO)C[C@@H]2C=C[C@@H]1C. The van der Waals surface area contributed by atoms with Crippen LogP contribution in [0.25, 0.3) is 11.0 Å². The van der Waals surface area contributed by atoms with Gasteiger partial charge in [-0.2, -0.15) is 0 Å². The molecule has 0 amide bonds. The van der Waals surface area contributed by atoms with Crippen molar-refractivity contribution in [2.24, 2.45) is 23.7 Å². The van der Waals surface area contributed by atoms with Crippen molar-refractivity contribution in [3.05, 3.63) is 36.4 Å². The Labute approximate surface area is 159 Å². The molecule has 1 aromatic carbocycles. The van der Waals surface area contributed by atoms with Crippen molar-refractivity contribution in [3.8, 4) is 0 Å². The van der Waals surface area contributed by atoms with Gasteiger partial charge in [0.2, 0.25) is 5.95 Å². The molecule has 0 unspecified atom stereocenters. The van der Waals surface area contributed by atoms with Crippen LogP contribution in [0.15, 0.2) is 36.4 Å². The highest BCUT2D eigenvalue weighted by Gasteiger charge is 2.45. The molecule has 2 aliphatic rings. The molecule has 1 aromatic heterocycles. The van der Waals surface area contributed by atoms with Crippen molar-refractivity contribution in [1.82, 2.24) is 9.55 Å². The Hall–Kier alpha value is -2.34. The molecule has 1 aliphatic heterocycles. The number of hydrogen-bond donors (Lipinski definition) is 1. The number of nitrogens with zero attached hydrogens (tertiary/aromatic N) is 3. The molecule has 4 rings (SSSR count). The van der Waals surface area contributed by atoms with Crippen molar-refractivity contribution >= 4 is 23.0 Å². The molecule has 144 valence electrons. The average Bonchev–Trinajstić information content (AvgIpc) is 3.24. The van der Waals surface area contributed by atoms with Gasteiger partial charge in [-0.15, -0.1) is 0 Å². The van der Waals surface area contributed by atoms with Crippen molar-refractivity contribution in [2.75, 3.05) is 31.2 Å². The summed E-state index contributed by atoms with van der Waals surface area (Å²) in [7, 11) is 0. The smallest absolute Gasteiger partial charge is 0.309 e. The maximum atomic E-state index is 12.6. The minimum Gasteiger partial charge on any atom is -0.466 e. The summed E-state index contributed by atoms with van der Waals surface area (Å²) >= 11 is 0. The lowest BCUT2D eigenvalue weighted by Crippen LogP contribution is -2.37. The summed E-state index contributed by atoms with van der Waals surface area (Å²) in [6, 6.07) is 8.01. The van der Waals surface area contributed by atoms with Gasteiger partial charge in [-0.1, -0.05) is 31.2 Å². The highest BCUT2D eigenvalue weighted by Crippen LogP contribution is 2.41. The third kappa shape index (κ3) is 3.12. The second-order valence-electron chi connectivity index (χ2n) is 7.53. The summed E-state index contributed by atoms with van der Waals surface area (Å²) in [5.41, 5.74) is 1.96. The first kappa shape index (κ1) is 18.0. The molecule has 1 N–H and O–H groups in total. The van der Waals surface area contributed by atoms with E-state index >= 15 is 0 Å². The third-order valence-corrected chi connectivity index (χ3v) is 5.90. The van der Waals surface area contributed by atoms with Crippen LogP contribution in [0, 0.1) is 23.7 Å². The standard InChI is InChI=1S/C21H27N3O3/c1-3-27-20(26)19-14(2)8-9-15-12-23(13-16(15)19)21-22-17-6-4-5-7-18(17)24(21)10-11-25/h4-9,14-16,19,25H,3,10-13H2,1-2H3/t14-,15-,16+,19+/m0/s1. The number of hydrogen-bond acceptors (Lipinski definition) is 5. The van der Waals surface area contributed by atoms with E-state index in [4.69, 9.17) is 9.72 Å². The molecule has 1 fully saturated rings. The van der Waals surface area contributed by atoms with Gasteiger partial charge in [0.15, 0.2) is 0 Å². The zero-order valence-corrected chi connectivity index (χ0v) is 15.9. The zero-order valence-electron chi connectivity index (χ0n) is 15.9. The zero-order chi connectivity index (χ0) is 19.0. The van der Waals surface area contributed by atoms with E-state index in [1.54, 1.807) is 0 Å². The third-order valence-electron chi connectivity index (χ3n) is 5.90. The molecule has 1 aliphatic carbocycles. The van der Waals surface area contributed by atoms with E-state index in [-0.39, 0.29) is 30.3 Å².